The van der Waals surface area contributed by atoms with Gasteiger partial charge in [-0.15, -0.1) is 0 Å². The van der Waals surface area contributed by atoms with E-state index in [4.69, 9.17) is 5.26 Å². The van der Waals surface area contributed by atoms with Gasteiger partial charge in [-0.25, -0.2) is 0 Å². The number of hydrogen-bond acceptors (Lipinski definition) is 3. The summed E-state index contributed by atoms with van der Waals surface area (Å²) in [5.74, 6) is 0.935. The Labute approximate surface area is 154 Å². The van der Waals surface area contributed by atoms with E-state index in [9.17, 15) is 10.1 Å². The average molecular weight is 358 g/mol. The minimum absolute atomic E-state index is 0. The summed E-state index contributed by atoms with van der Waals surface area (Å²) in [5, 5.41) is 19.6. The summed E-state index contributed by atoms with van der Waals surface area (Å²) in [4.78, 5) is 10.1. The van der Waals surface area contributed by atoms with E-state index in [0.717, 1.165) is 5.92 Å². The normalized spacial score (nSPS) is 17.4. The Morgan fingerprint density at radius 2 is 1.46 bits per heavy atom. The van der Waals surface area contributed by atoms with Gasteiger partial charge in [0, 0.05) is 18.1 Å². The van der Waals surface area contributed by atoms with Crippen LogP contribution < -0.4 is 0 Å². The molecule has 10 radical (unpaired) electrons. The maximum absolute atomic E-state index is 10.5. The first-order chi connectivity index (χ1) is 11.2. The zero-order chi connectivity index (χ0) is 16.5. The van der Waals surface area contributed by atoms with Crippen molar-refractivity contribution >= 4 is 11.3 Å². The number of nitro benzene ring substituents is 1. The van der Waals surface area contributed by atoms with Gasteiger partial charge in [0.2, 0.25) is 0 Å². The minimum atomic E-state index is -0.462. The summed E-state index contributed by atoms with van der Waals surface area (Å²) >= 11 is 0. The Morgan fingerprint density at radius 1 is 0.958 bits per heavy atom. The first-order valence-corrected chi connectivity index (χ1v) is 6.96. The fraction of sp³-hybridized carbons (Fsp3) is 0. The Balaban J connectivity index is 0.000000412. The number of hydrogen-bond donors (Lipinski definition) is 0. The molecule has 0 aromatic heterocycles. The zero-order valence-corrected chi connectivity index (χ0v) is 13.8. The number of allylic oxidation sites excluding steroid dienone is 2. The van der Waals surface area contributed by atoms with Gasteiger partial charge in [0.25, 0.3) is 5.69 Å². The molecule has 0 atom stereocenters. The maximum atomic E-state index is 10.5. The SMILES string of the molecule is N#C/C(=C\[C]1[CH][CH][CH][CH]1)c1ccc([N+](=O)[O-])cc1.[CH]1[CH][CH][CH][CH]1.[Fe+2]. The van der Waals surface area contributed by atoms with Crippen molar-refractivity contribution in [3.63, 3.8) is 0 Å². The quantitative estimate of drug-likeness (QED) is 0.356. The molecule has 2 aliphatic carbocycles. The van der Waals surface area contributed by atoms with Gasteiger partial charge in [0.1, 0.15) is 0 Å². The standard InChI is InChI=1S/C14H9N2O2.C5H5.Fe/c15-10-13(9-11-3-1-2-4-11)12-5-7-14(8-6-12)16(17)18;1-2-4-5-3-1;/h1-9H;1-5H;/q;;+2/b13-9+;;. The van der Waals surface area contributed by atoms with Crippen molar-refractivity contribution in [2.45, 2.75) is 0 Å². The predicted molar refractivity (Wildman–Crippen MR) is 88.6 cm³/mol. The van der Waals surface area contributed by atoms with Crippen LogP contribution in [0.4, 0.5) is 5.69 Å². The number of nitro groups is 1. The summed E-state index contributed by atoms with van der Waals surface area (Å²) in [6.45, 7) is 0. The van der Waals surface area contributed by atoms with E-state index in [1.54, 1.807) is 18.2 Å². The van der Waals surface area contributed by atoms with E-state index in [1.165, 1.54) is 12.1 Å². The van der Waals surface area contributed by atoms with Crippen LogP contribution in [0.25, 0.3) is 5.57 Å². The predicted octanol–water partition coefficient (Wildman–Crippen LogP) is 3.93. The van der Waals surface area contributed by atoms with Crippen LogP contribution in [0, 0.1) is 85.2 Å². The van der Waals surface area contributed by atoms with Crippen molar-refractivity contribution < 1.29 is 22.0 Å². The second-order valence-corrected chi connectivity index (χ2v) is 4.65. The Bertz CT molecular complexity index is 573. The van der Waals surface area contributed by atoms with Gasteiger partial charge in [-0.3, -0.25) is 10.1 Å². The molecule has 1 aromatic rings. The fourth-order valence-corrected chi connectivity index (χ4v) is 1.92. The molecule has 0 aliphatic heterocycles. The smallest absolute Gasteiger partial charge is 0.258 e. The van der Waals surface area contributed by atoms with Gasteiger partial charge in [0.15, 0.2) is 0 Å². The Kier molecular flexibility index (Phi) is 9.37. The average Bonchev–Trinajstić information content (AvgIpc) is 3.28. The van der Waals surface area contributed by atoms with Crippen molar-refractivity contribution in [3.05, 3.63) is 110 Å². The molecule has 118 valence electrons. The van der Waals surface area contributed by atoms with Gasteiger partial charge < -0.3 is 0 Å². The van der Waals surface area contributed by atoms with Gasteiger partial charge in [-0.2, -0.15) is 5.26 Å². The molecule has 2 aliphatic rings. The van der Waals surface area contributed by atoms with Crippen LogP contribution in [0.3, 0.4) is 0 Å². The third kappa shape index (κ3) is 6.47. The van der Waals surface area contributed by atoms with E-state index >= 15 is 0 Å². The van der Waals surface area contributed by atoms with Crippen LogP contribution in [-0.4, -0.2) is 4.92 Å². The molecular formula is C19H14FeN2O2+2. The molecule has 1 aromatic carbocycles. The van der Waals surface area contributed by atoms with Crippen LogP contribution in [0.1, 0.15) is 5.56 Å². The molecule has 0 heterocycles. The summed E-state index contributed by atoms with van der Waals surface area (Å²) in [6.07, 6.45) is 19.3. The summed E-state index contributed by atoms with van der Waals surface area (Å²) < 4.78 is 0. The largest absolute Gasteiger partial charge is 2.00 e. The molecular weight excluding hydrogens is 344 g/mol. The first-order valence-electron chi connectivity index (χ1n) is 6.96. The molecule has 3 rings (SSSR count). The van der Waals surface area contributed by atoms with Crippen LogP contribution in [0.5, 0.6) is 0 Å². The van der Waals surface area contributed by atoms with E-state index in [-0.39, 0.29) is 22.8 Å². The van der Waals surface area contributed by atoms with Crippen LogP contribution in [-0.2, 0) is 17.1 Å². The number of nitriles is 1. The van der Waals surface area contributed by atoms with Gasteiger partial charge in [-0.05, 0) is 75.5 Å². The molecule has 0 spiro atoms. The van der Waals surface area contributed by atoms with Crippen LogP contribution in [0.2, 0.25) is 0 Å². The molecule has 0 saturated heterocycles. The van der Waals surface area contributed by atoms with Crippen LogP contribution >= 0.6 is 0 Å². The van der Waals surface area contributed by atoms with E-state index < -0.39 is 4.92 Å². The summed E-state index contributed by atoms with van der Waals surface area (Å²) in [5.41, 5.74) is 1.17. The van der Waals surface area contributed by atoms with Gasteiger partial charge in [0.05, 0.1) is 16.6 Å². The number of rotatable bonds is 3. The summed E-state index contributed by atoms with van der Waals surface area (Å²) in [6, 6.07) is 8.04. The molecule has 2 saturated carbocycles. The van der Waals surface area contributed by atoms with Crippen LogP contribution in [0.15, 0.2) is 30.3 Å². The van der Waals surface area contributed by atoms with E-state index in [2.05, 4.69) is 6.07 Å². The minimum Gasteiger partial charge on any atom is -0.258 e. The number of benzene rings is 1. The molecule has 0 N–H and O–H groups in total. The molecule has 24 heavy (non-hydrogen) atoms. The Morgan fingerprint density at radius 3 is 1.88 bits per heavy atom. The molecule has 0 bridgehead atoms. The van der Waals surface area contributed by atoms with E-state index in [1.807, 2.05) is 57.8 Å². The van der Waals surface area contributed by atoms with Gasteiger partial charge in [-0.1, -0.05) is 6.08 Å². The van der Waals surface area contributed by atoms with Crippen molar-refractivity contribution in [2.75, 3.05) is 0 Å². The maximum Gasteiger partial charge on any atom is 2.00 e. The second-order valence-electron chi connectivity index (χ2n) is 4.65. The van der Waals surface area contributed by atoms with Crippen molar-refractivity contribution in [1.82, 2.24) is 0 Å². The van der Waals surface area contributed by atoms with Gasteiger partial charge >= 0.3 is 17.1 Å². The van der Waals surface area contributed by atoms with E-state index in [0.29, 0.717) is 11.1 Å². The third-order valence-electron chi connectivity index (χ3n) is 3.06. The third-order valence-corrected chi connectivity index (χ3v) is 3.06. The van der Waals surface area contributed by atoms with Crippen molar-refractivity contribution in [1.29, 1.82) is 5.26 Å². The first kappa shape index (κ1) is 20.4. The summed E-state index contributed by atoms with van der Waals surface area (Å²) in [7, 11) is 0. The topological polar surface area (TPSA) is 66.9 Å². The molecule has 5 heteroatoms. The fourth-order valence-electron chi connectivity index (χ4n) is 1.92. The second kappa shape index (κ2) is 11.0. The molecule has 0 unspecified atom stereocenters. The molecule has 4 nitrogen and oxygen atoms in total. The number of nitrogens with zero attached hydrogens (tertiary/aromatic N) is 2. The molecule has 0 amide bonds. The van der Waals surface area contributed by atoms with Crippen molar-refractivity contribution in [2.24, 2.45) is 0 Å². The molecule has 2 fully saturated rings. The number of non-ortho nitro benzene ring substituents is 1. The zero-order valence-electron chi connectivity index (χ0n) is 12.6. The Hall–Kier alpha value is -1.63. The monoisotopic (exact) mass is 358 g/mol. The van der Waals surface area contributed by atoms with Crippen molar-refractivity contribution in [3.8, 4) is 6.07 Å².